The minimum Gasteiger partial charge on any atom is -0.486 e. The van der Waals surface area contributed by atoms with Crippen LogP contribution in [0.15, 0.2) is 30.5 Å². The third kappa shape index (κ3) is 5.50. The fraction of sp³-hybridized carbons (Fsp3) is 0.500. The summed E-state index contributed by atoms with van der Waals surface area (Å²) in [5, 5.41) is 0. The maximum absolute atomic E-state index is 13.6. The van der Waals surface area contributed by atoms with E-state index in [2.05, 4.69) is 9.97 Å². The molecule has 0 aliphatic heterocycles. The first-order chi connectivity index (χ1) is 12.9. The predicted molar refractivity (Wildman–Crippen MR) is 102 cm³/mol. The zero-order valence-corrected chi connectivity index (χ0v) is 17.0. The van der Waals surface area contributed by atoms with Gasteiger partial charge in [0, 0.05) is 13.2 Å². The Morgan fingerprint density at radius 1 is 1.14 bits per heavy atom. The van der Waals surface area contributed by atoms with E-state index in [4.69, 9.17) is 9.47 Å². The topological polar surface area (TPSA) is 47.5 Å². The molecule has 1 heterocycles. The highest BCUT2D eigenvalue weighted by molar-refractivity contribution is 5.68. The Bertz CT molecular complexity index is 804. The molecular formula is C20H26F3N3O2. The van der Waals surface area contributed by atoms with E-state index in [0.29, 0.717) is 17.9 Å². The van der Waals surface area contributed by atoms with E-state index in [1.54, 1.807) is 31.2 Å². The number of hydrogen-bond acceptors (Lipinski definition) is 5. The fourth-order valence-electron chi connectivity index (χ4n) is 2.40. The van der Waals surface area contributed by atoms with E-state index in [1.807, 2.05) is 27.7 Å². The first kappa shape index (κ1) is 21.8. The maximum Gasteiger partial charge on any atom is 0.421 e. The molecule has 0 radical (unpaired) electrons. The smallest absolute Gasteiger partial charge is 0.421 e. The van der Waals surface area contributed by atoms with Gasteiger partial charge >= 0.3 is 12.2 Å². The van der Waals surface area contributed by atoms with Gasteiger partial charge in [-0.2, -0.15) is 18.2 Å². The van der Waals surface area contributed by atoms with Crippen molar-refractivity contribution in [3.63, 3.8) is 0 Å². The number of para-hydroxylation sites is 2. The summed E-state index contributed by atoms with van der Waals surface area (Å²) in [5.74, 6) is 0.152. The van der Waals surface area contributed by atoms with Crippen LogP contribution in [0, 0.1) is 0 Å². The van der Waals surface area contributed by atoms with Crippen LogP contribution < -0.4 is 14.4 Å². The first-order valence-corrected chi connectivity index (χ1v) is 9.05. The molecule has 1 atom stereocenters. The maximum atomic E-state index is 13.6. The second-order valence-corrected chi connectivity index (χ2v) is 7.47. The molecule has 8 heteroatoms. The van der Waals surface area contributed by atoms with E-state index >= 15 is 0 Å². The molecule has 0 aliphatic rings. The lowest BCUT2D eigenvalue weighted by Crippen LogP contribution is -2.25. The van der Waals surface area contributed by atoms with Gasteiger partial charge in [0.1, 0.15) is 16.9 Å². The lowest BCUT2D eigenvalue weighted by atomic mass is 10.1. The van der Waals surface area contributed by atoms with Crippen LogP contribution in [-0.4, -0.2) is 28.7 Å². The Labute approximate surface area is 163 Å². The van der Waals surface area contributed by atoms with Gasteiger partial charge in [0.05, 0.1) is 11.8 Å². The fourth-order valence-corrected chi connectivity index (χ4v) is 2.40. The Morgan fingerprint density at radius 2 is 1.79 bits per heavy atom. The number of rotatable bonds is 6. The largest absolute Gasteiger partial charge is 0.486 e. The van der Waals surface area contributed by atoms with Crippen molar-refractivity contribution in [1.82, 2.24) is 9.97 Å². The average Bonchev–Trinajstić information content (AvgIpc) is 2.59. The summed E-state index contributed by atoms with van der Waals surface area (Å²) in [6.45, 7) is 9.31. The van der Waals surface area contributed by atoms with E-state index in [-0.39, 0.29) is 17.9 Å². The predicted octanol–water partition coefficient (Wildman–Crippen LogP) is 5.62. The van der Waals surface area contributed by atoms with Gasteiger partial charge in [0.2, 0.25) is 0 Å². The third-order valence-corrected chi connectivity index (χ3v) is 3.89. The summed E-state index contributed by atoms with van der Waals surface area (Å²) in [5.41, 5.74) is -1.01. The Kier molecular flexibility index (Phi) is 6.41. The normalized spacial score (nSPS) is 13.2. The minimum absolute atomic E-state index is 0.0987. The number of nitrogens with zero attached hydrogens (tertiary/aromatic N) is 3. The molecule has 1 aromatic carbocycles. The molecule has 1 unspecified atom stereocenters. The molecule has 2 rings (SSSR count). The summed E-state index contributed by atoms with van der Waals surface area (Å²) < 4.78 is 52.2. The molecule has 5 nitrogen and oxygen atoms in total. The van der Waals surface area contributed by atoms with Crippen molar-refractivity contribution in [3.8, 4) is 11.8 Å². The van der Waals surface area contributed by atoms with Gasteiger partial charge in [0.15, 0.2) is 5.82 Å². The molecule has 0 N–H and O–H groups in total. The van der Waals surface area contributed by atoms with Crippen molar-refractivity contribution in [3.05, 3.63) is 36.0 Å². The van der Waals surface area contributed by atoms with E-state index in [0.717, 1.165) is 6.20 Å². The molecule has 0 spiro atoms. The minimum atomic E-state index is -4.61. The van der Waals surface area contributed by atoms with Gasteiger partial charge in [0.25, 0.3) is 0 Å². The number of benzene rings is 1. The zero-order chi connectivity index (χ0) is 21.1. The Hall–Kier alpha value is -2.51. The lowest BCUT2D eigenvalue weighted by Gasteiger charge is -2.28. The molecule has 0 bridgehead atoms. The SMILES string of the molecule is CCC(C)Oc1ncc(C(F)(F)F)c(N(C)c2ccccc2OC(C)(C)C)n1. The van der Waals surface area contributed by atoms with Gasteiger partial charge in [-0.05, 0) is 46.2 Å². The molecule has 0 amide bonds. The summed E-state index contributed by atoms with van der Waals surface area (Å²) >= 11 is 0. The Balaban J connectivity index is 2.54. The molecule has 1 aromatic heterocycles. The van der Waals surface area contributed by atoms with Crippen LogP contribution in [0.2, 0.25) is 0 Å². The zero-order valence-electron chi connectivity index (χ0n) is 17.0. The lowest BCUT2D eigenvalue weighted by molar-refractivity contribution is -0.137. The van der Waals surface area contributed by atoms with E-state index in [9.17, 15) is 13.2 Å². The van der Waals surface area contributed by atoms with E-state index in [1.165, 1.54) is 11.9 Å². The van der Waals surface area contributed by atoms with Gasteiger partial charge in [-0.25, -0.2) is 4.98 Å². The van der Waals surface area contributed by atoms with Gasteiger partial charge < -0.3 is 14.4 Å². The number of anilines is 2. The Morgan fingerprint density at radius 3 is 2.36 bits per heavy atom. The second-order valence-electron chi connectivity index (χ2n) is 7.47. The summed E-state index contributed by atoms with van der Waals surface area (Å²) in [6.07, 6.45) is -3.40. The van der Waals surface area contributed by atoms with Gasteiger partial charge in [-0.1, -0.05) is 19.1 Å². The van der Waals surface area contributed by atoms with Crippen molar-refractivity contribution < 1.29 is 22.6 Å². The number of aromatic nitrogens is 2. The second kappa shape index (κ2) is 8.24. The van der Waals surface area contributed by atoms with Crippen molar-refractivity contribution in [2.24, 2.45) is 0 Å². The van der Waals surface area contributed by atoms with Gasteiger partial charge in [-0.15, -0.1) is 0 Å². The molecule has 0 saturated carbocycles. The van der Waals surface area contributed by atoms with Crippen LogP contribution in [0.4, 0.5) is 24.7 Å². The number of hydrogen-bond donors (Lipinski definition) is 0. The summed E-state index contributed by atoms with van der Waals surface area (Å²) in [4.78, 5) is 9.14. The van der Waals surface area contributed by atoms with Crippen LogP contribution in [0.1, 0.15) is 46.6 Å². The first-order valence-electron chi connectivity index (χ1n) is 9.05. The molecule has 0 aliphatic carbocycles. The van der Waals surface area contributed by atoms with Crippen molar-refractivity contribution in [1.29, 1.82) is 0 Å². The van der Waals surface area contributed by atoms with Crippen LogP contribution >= 0.6 is 0 Å². The summed E-state index contributed by atoms with van der Waals surface area (Å²) in [7, 11) is 1.51. The summed E-state index contributed by atoms with van der Waals surface area (Å²) in [6, 6.07) is 6.78. The number of ether oxygens (including phenoxy) is 2. The van der Waals surface area contributed by atoms with Gasteiger partial charge in [-0.3, -0.25) is 0 Å². The highest BCUT2D eigenvalue weighted by atomic mass is 19.4. The van der Waals surface area contributed by atoms with Crippen molar-refractivity contribution in [2.45, 2.75) is 58.9 Å². The molecule has 154 valence electrons. The van der Waals surface area contributed by atoms with Crippen LogP contribution in [0.3, 0.4) is 0 Å². The quantitative estimate of drug-likeness (QED) is 0.633. The number of alkyl halides is 3. The monoisotopic (exact) mass is 397 g/mol. The van der Waals surface area contributed by atoms with Crippen LogP contribution in [0.25, 0.3) is 0 Å². The molecular weight excluding hydrogens is 371 g/mol. The van der Waals surface area contributed by atoms with Crippen LogP contribution in [-0.2, 0) is 6.18 Å². The highest BCUT2D eigenvalue weighted by Crippen LogP contribution is 2.40. The van der Waals surface area contributed by atoms with Crippen molar-refractivity contribution in [2.75, 3.05) is 11.9 Å². The van der Waals surface area contributed by atoms with Crippen LogP contribution in [0.5, 0.6) is 11.8 Å². The average molecular weight is 397 g/mol. The van der Waals surface area contributed by atoms with Crippen molar-refractivity contribution >= 4 is 11.5 Å². The highest BCUT2D eigenvalue weighted by Gasteiger charge is 2.37. The molecule has 28 heavy (non-hydrogen) atoms. The number of halogens is 3. The standard InChI is InChI=1S/C20H26F3N3O2/c1-7-13(2)27-18-24-12-14(20(21,22)23)17(25-18)26(6)15-10-8-9-11-16(15)28-19(3,4)5/h8-13H,7H2,1-6H3. The molecule has 2 aromatic rings. The van der Waals surface area contributed by atoms with E-state index < -0.39 is 17.3 Å². The molecule has 0 saturated heterocycles. The third-order valence-electron chi connectivity index (χ3n) is 3.89. The molecule has 0 fully saturated rings.